The molecular formula is C19H18N2O4. The number of carbonyl (C=O) groups excluding carboxylic acids is 1. The zero-order chi connectivity index (χ0) is 17.6. The maximum atomic E-state index is 12.3. The molecule has 0 bridgehead atoms. The topological polar surface area (TPSA) is 70.4 Å². The van der Waals surface area contributed by atoms with E-state index in [1.54, 1.807) is 25.3 Å². The molecule has 0 unspecified atom stereocenters. The monoisotopic (exact) mass is 338 g/mol. The van der Waals surface area contributed by atoms with Gasteiger partial charge in [-0.2, -0.15) is 0 Å². The molecule has 0 atom stereocenters. The van der Waals surface area contributed by atoms with E-state index in [4.69, 9.17) is 9.47 Å². The molecule has 3 aromatic rings. The average Bonchev–Trinajstić information content (AvgIpc) is 2.65. The fourth-order valence-corrected chi connectivity index (χ4v) is 2.48. The molecule has 0 fully saturated rings. The predicted octanol–water partition coefficient (Wildman–Crippen LogP) is 2.19. The smallest absolute Gasteiger partial charge is 0.326 e. The molecule has 0 amide bonds. The third-order valence-electron chi connectivity index (χ3n) is 3.84. The Morgan fingerprint density at radius 3 is 2.64 bits per heavy atom. The molecule has 0 spiro atoms. The van der Waals surface area contributed by atoms with Crippen molar-refractivity contribution >= 4 is 16.9 Å². The van der Waals surface area contributed by atoms with Crippen LogP contribution in [0.25, 0.3) is 10.9 Å². The van der Waals surface area contributed by atoms with Gasteiger partial charge in [0.2, 0.25) is 0 Å². The van der Waals surface area contributed by atoms with E-state index in [-0.39, 0.29) is 18.7 Å². The SMILES string of the molecule is COc1ccc(CCOC(=O)Cn2cnc3ccccc3c2=O)cc1. The fraction of sp³-hybridized carbons (Fsp3) is 0.211. The van der Waals surface area contributed by atoms with Crippen LogP contribution in [-0.2, 0) is 22.5 Å². The minimum atomic E-state index is -0.465. The lowest BCUT2D eigenvalue weighted by Crippen LogP contribution is -2.26. The fourth-order valence-electron chi connectivity index (χ4n) is 2.48. The van der Waals surface area contributed by atoms with Crippen LogP contribution in [-0.4, -0.2) is 29.2 Å². The van der Waals surface area contributed by atoms with Gasteiger partial charge in [-0.1, -0.05) is 24.3 Å². The Hall–Kier alpha value is -3.15. The number of hydrogen-bond acceptors (Lipinski definition) is 5. The zero-order valence-corrected chi connectivity index (χ0v) is 13.8. The van der Waals surface area contributed by atoms with Crippen LogP contribution in [0.1, 0.15) is 5.56 Å². The molecule has 6 nitrogen and oxygen atoms in total. The Morgan fingerprint density at radius 1 is 1.12 bits per heavy atom. The Kier molecular flexibility index (Phi) is 5.09. The van der Waals surface area contributed by atoms with E-state index in [1.165, 1.54) is 10.9 Å². The van der Waals surface area contributed by atoms with Crippen LogP contribution in [0.4, 0.5) is 0 Å². The van der Waals surface area contributed by atoms with Gasteiger partial charge in [0.15, 0.2) is 0 Å². The summed E-state index contributed by atoms with van der Waals surface area (Å²) in [6.45, 7) is 0.0974. The molecule has 1 aromatic heterocycles. The van der Waals surface area contributed by atoms with E-state index >= 15 is 0 Å². The van der Waals surface area contributed by atoms with E-state index in [1.807, 2.05) is 30.3 Å². The molecule has 0 N–H and O–H groups in total. The molecule has 25 heavy (non-hydrogen) atoms. The maximum Gasteiger partial charge on any atom is 0.326 e. The zero-order valence-electron chi connectivity index (χ0n) is 13.8. The lowest BCUT2D eigenvalue weighted by Gasteiger charge is -2.08. The number of rotatable bonds is 6. The normalized spacial score (nSPS) is 10.6. The van der Waals surface area contributed by atoms with Crippen molar-refractivity contribution in [3.63, 3.8) is 0 Å². The highest BCUT2D eigenvalue weighted by atomic mass is 16.5. The number of methoxy groups -OCH3 is 1. The van der Waals surface area contributed by atoms with Crippen molar-refractivity contribution in [3.8, 4) is 5.75 Å². The standard InChI is InChI=1S/C19H18N2O4/c1-24-15-8-6-14(7-9-15)10-11-25-18(22)12-21-13-20-17-5-3-2-4-16(17)19(21)23/h2-9,13H,10-12H2,1H3. The molecule has 0 aliphatic rings. The van der Waals surface area contributed by atoms with Crippen molar-refractivity contribution in [2.45, 2.75) is 13.0 Å². The highest BCUT2D eigenvalue weighted by molar-refractivity contribution is 5.77. The van der Waals surface area contributed by atoms with Gasteiger partial charge in [0.25, 0.3) is 5.56 Å². The van der Waals surface area contributed by atoms with Crippen LogP contribution in [0.3, 0.4) is 0 Å². The maximum absolute atomic E-state index is 12.3. The number of nitrogens with zero attached hydrogens (tertiary/aromatic N) is 2. The van der Waals surface area contributed by atoms with Gasteiger partial charge in [-0.05, 0) is 29.8 Å². The molecule has 0 saturated carbocycles. The summed E-state index contributed by atoms with van der Waals surface area (Å²) in [7, 11) is 1.61. The summed E-state index contributed by atoms with van der Waals surface area (Å²) in [4.78, 5) is 28.5. The van der Waals surface area contributed by atoms with Gasteiger partial charge in [0.1, 0.15) is 12.3 Å². The van der Waals surface area contributed by atoms with Gasteiger partial charge in [-0.25, -0.2) is 4.98 Å². The molecule has 2 aromatic carbocycles. The molecule has 6 heteroatoms. The quantitative estimate of drug-likeness (QED) is 0.644. The first-order valence-corrected chi connectivity index (χ1v) is 7.90. The minimum Gasteiger partial charge on any atom is -0.497 e. The highest BCUT2D eigenvalue weighted by Gasteiger charge is 2.09. The summed E-state index contributed by atoms with van der Waals surface area (Å²) in [5.74, 6) is 0.316. The first-order chi connectivity index (χ1) is 12.2. The van der Waals surface area contributed by atoms with Crippen molar-refractivity contribution < 1.29 is 14.3 Å². The number of aromatic nitrogens is 2. The largest absolute Gasteiger partial charge is 0.497 e. The van der Waals surface area contributed by atoms with E-state index in [0.29, 0.717) is 17.3 Å². The Morgan fingerprint density at radius 2 is 1.88 bits per heavy atom. The third-order valence-corrected chi connectivity index (χ3v) is 3.84. The van der Waals surface area contributed by atoms with E-state index in [2.05, 4.69) is 4.98 Å². The van der Waals surface area contributed by atoms with Crippen LogP contribution >= 0.6 is 0 Å². The molecule has 1 heterocycles. The molecule has 0 saturated heterocycles. The van der Waals surface area contributed by atoms with E-state index in [0.717, 1.165) is 11.3 Å². The number of para-hydroxylation sites is 1. The minimum absolute atomic E-state index is 0.153. The van der Waals surface area contributed by atoms with Crippen molar-refractivity contribution in [1.82, 2.24) is 9.55 Å². The number of hydrogen-bond donors (Lipinski definition) is 0. The lowest BCUT2D eigenvalue weighted by molar-refractivity contribution is -0.144. The number of fused-ring (bicyclic) bond motifs is 1. The predicted molar refractivity (Wildman–Crippen MR) is 93.7 cm³/mol. The summed E-state index contributed by atoms with van der Waals surface area (Å²) in [5, 5.41) is 0.482. The summed E-state index contributed by atoms with van der Waals surface area (Å²) < 4.78 is 11.6. The lowest BCUT2D eigenvalue weighted by atomic mass is 10.1. The molecule has 0 aliphatic carbocycles. The second-order valence-electron chi connectivity index (χ2n) is 5.51. The first-order valence-electron chi connectivity index (χ1n) is 7.90. The van der Waals surface area contributed by atoms with Crippen molar-refractivity contribution in [2.75, 3.05) is 13.7 Å². The molecular weight excluding hydrogens is 320 g/mol. The molecule has 128 valence electrons. The van der Waals surface area contributed by atoms with E-state index < -0.39 is 5.97 Å². The van der Waals surface area contributed by atoms with Gasteiger partial charge in [-0.15, -0.1) is 0 Å². The van der Waals surface area contributed by atoms with E-state index in [9.17, 15) is 9.59 Å². The van der Waals surface area contributed by atoms with Crippen molar-refractivity contribution in [2.24, 2.45) is 0 Å². The Balaban J connectivity index is 1.57. The van der Waals surface area contributed by atoms with Crippen LogP contribution in [0.5, 0.6) is 5.75 Å². The molecule has 3 rings (SSSR count). The number of ether oxygens (including phenoxy) is 2. The second-order valence-corrected chi connectivity index (χ2v) is 5.51. The molecule has 0 radical (unpaired) electrons. The summed E-state index contributed by atoms with van der Waals surface area (Å²) in [5.41, 5.74) is 1.40. The number of esters is 1. The Bertz CT molecular complexity index is 932. The average molecular weight is 338 g/mol. The summed E-state index contributed by atoms with van der Waals surface area (Å²) >= 11 is 0. The third kappa shape index (κ3) is 4.03. The van der Waals surface area contributed by atoms with Crippen LogP contribution in [0, 0.1) is 0 Å². The summed E-state index contributed by atoms with van der Waals surface area (Å²) in [6, 6.07) is 14.6. The van der Waals surface area contributed by atoms with Gasteiger partial charge in [-0.3, -0.25) is 14.2 Å². The molecule has 0 aliphatic heterocycles. The number of benzene rings is 2. The second kappa shape index (κ2) is 7.61. The van der Waals surface area contributed by atoms with Gasteiger partial charge in [0, 0.05) is 6.42 Å². The van der Waals surface area contributed by atoms with Gasteiger partial charge < -0.3 is 9.47 Å². The van der Waals surface area contributed by atoms with Crippen molar-refractivity contribution in [3.05, 3.63) is 70.8 Å². The Labute approximate surface area is 144 Å². The first kappa shape index (κ1) is 16.7. The summed E-state index contributed by atoms with van der Waals surface area (Å²) in [6.07, 6.45) is 1.97. The van der Waals surface area contributed by atoms with Crippen LogP contribution < -0.4 is 10.3 Å². The van der Waals surface area contributed by atoms with Crippen LogP contribution in [0.2, 0.25) is 0 Å². The number of carbonyl (C=O) groups is 1. The van der Waals surface area contributed by atoms with Gasteiger partial charge in [0.05, 0.1) is 30.9 Å². The van der Waals surface area contributed by atoms with Crippen molar-refractivity contribution in [1.29, 1.82) is 0 Å². The van der Waals surface area contributed by atoms with Crippen LogP contribution in [0.15, 0.2) is 59.7 Å². The highest BCUT2D eigenvalue weighted by Crippen LogP contribution is 2.11. The van der Waals surface area contributed by atoms with Gasteiger partial charge >= 0.3 is 5.97 Å².